The Morgan fingerprint density at radius 3 is 2.71 bits per heavy atom. The summed E-state index contributed by atoms with van der Waals surface area (Å²) in [5.41, 5.74) is 6.08. The second kappa shape index (κ2) is 8.09. The van der Waals surface area contributed by atoms with Crippen LogP contribution >= 0.6 is 23.7 Å². The first-order valence-electron chi connectivity index (χ1n) is 8.09. The van der Waals surface area contributed by atoms with Gasteiger partial charge in [0, 0.05) is 26.2 Å². The number of rotatable bonds is 4. The molecule has 2 atom stereocenters. The van der Waals surface area contributed by atoms with E-state index in [1.165, 1.54) is 0 Å². The van der Waals surface area contributed by atoms with Crippen LogP contribution in [0, 0.1) is 5.92 Å². The van der Waals surface area contributed by atoms with E-state index in [1.807, 2.05) is 17.2 Å². The Hall–Kier alpha value is -1.44. The van der Waals surface area contributed by atoms with E-state index >= 15 is 0 Å². The number of amides is 1. The van der Waals surface area contributed by atoms with Crippen LogP contribution in [0.5, 0.6) is 0 Å². The maximum Gasteiger partial charge on any atom is 0.239 e. The molecule has 2 unspecified atom stereocenters. The van der Waals surface area contributed by atoms with Crippen molar-refractivity contribution in [3.05, 3.63) is 17.8 Å². The Balaban J connectivity index is 0.00000208. The van der Waals surface area contributed by atoms with Gasteiger partial charge in [-0.05, 0) is 17.4 Å². The first kappa shape index (κ1) is 18.9. The average molecular weight is 370 g/mol. The second-order valence-electron chi connectivity index (χ2n) is 6.06. The lowest BCUT2D eigenvalue weighted by atomic mass is 9.98. The summed E-state index contributed by atoms with van der Waals surface area (Å²) in [6.07, 6.45) is 2.54. The Labute approximate surface area is 152 Å². The van der Waals surface area contributed by atoms with Crippen molar-refractivity contribution in [1.82, 2.24) is 14.9 Å². The topological polar surface area (TPSA) is 75.4 Å². The average Bonchev–Trinajstić information content (AvgIpc) is 3.08. The van der Waals surface area contributed by atoms with Crippen molar-refractivity contribution in [2.24, 2.45) is 11.7 Å². The molecule has 2 N–H and O–H groups in total. The molecule has 0 aliphatic carbocycles. The zero-order chi connectivity index (χ0) is 16.4. The number of nitrogens with zero attached hydrogens (tertiary/aromatic N) is 4. The number of carbonyl (C=O) groups excluding carboxylic acids is 1. The lowest BCUT2D eigenvalue weighted by Gasteiger charge is -2.37. The highest BCUT2D eigenvalue weighted by Gasteiger charge is 2.28. The lowest BCUT2D eigenvalue weighted by molar-refractivity contribution is -0.134. The van der Waals surface area contributed by atoms with Gasteiger partial charge in [0.05, 0.1) is 11.4 Å². The number of halogens is 1. The van der Waals surface area contributed by atoms with Crippen LogP contribution < -0.4 is 10.6 Å². The van der Waals surface area contributed by atoms with Crippen LogP contribution in [0.15, 0.2) is 17.8 Å². The number of aromatic nitrogens is 2. The molecule has 8 heteroatoms. The van der Waals surface area contributed by atoms with Gasteiger partial charge >= 0.3 is 0 Å². The number of nitrogens with two attached hydrogens (primary N) is 1. The van der Waals surface area contributed by atoms with Gasteiger partial charge in [-0.1, -0.05) is 20.3 Å². The molecule has 2 aromatic rings. The van der Waals surface area contributed by atoms with Crippen molar-refractivity contribution in [3.63, 3.8) is 0 Å². The van der Waals surface area contributed by atoms with Crippen LogP contribution in [-0.4, -0.2) is 53.0 Å². The number of thiophene rings is 1. The van der Waals surface area contributed by atoms with E-state index in [2.05, 4.69) is 27.9 Å². The number of anilines is 1. The number of carbonyl (C=O) groups is 1. The van der Waals surface area contributed by atoms with E-state index < -0.39 is 6.04 Å². The number of piperazine rings is 1. The lowest BCUT2D eigenvalue weighted by Crippen LogP contribution is -2.54. The third kappa shape index (κ3) is 3.63. The molecule has 1 amide bonds. The third-order valence-electron chi connectivity index (χ3n) is 4.67. The summed E-state index contributed by atoms with van der Waals surface area (Å²) in [6, 6.07) is 1.67. The number of fused-ring (bicyclic) bond motifs is 1. The molecule has 0 spiro atoms. The second-order valence-corrected chi connectivity index (χ2v) is 6.95. The van der Waals surface area contributed by atoms with Crippen molar-refractivity contribution >= 4 is 45.7 Å². The van der Waals surface area contributed by atoms with Crippen LogP contribution in [-0.2, 0) is 4.79 Å². The molecule has 24 heavy (non-hydrogen) atoms. The molecule has 1 saturated heterocycles. The van der Waals surface area contributed by atoms with Crippen LogP contribution in [0.1, 0.15) is 20.3 Å². The Bertz CT molecular complexity index is 686. The molecule has 0 radical (unpaired) electrons. The Morgan fingerprint density at radius 1 is 1.33 bits per heavy atom. The fourth-order valence-corrected chi connectivity index (χ4v) is 3.60. The van der Waals surface area contributed by atoms with Crippen molar-refractivity contribution < 1.29 is 4.79 Å². The predicted octanol–water partition coefficient (Wildman–Crippen LogP) is 2.14. The maximum atomic E-state index is 12.5. The predicted molar refractivity (Wildman–Crippen MR) is 101 cm³/mol. The van der Waals surface area contributed by atoms with Gasteiger partial charge < -0.3 is 15.5 Å². The summed E-state index contributed by atoms with van der Waals surface area (Å²) in [6.45, 7) is 7.04. The molecule has 6 nitrogen and oxygen atoms in total. The highest BCUT2D eigenvalue weighted by Crippen LogP contribution is 2.27. The van der Waals surface area contributed by atoms with Gasteiger partial charge in [0.25, 0.3) is 0 Å². The molecule has 3 rings (SSSR count). The summed E-state index contributed by atoms with van der Waals surface area (Å²) in [5.74, 6) is 1.25. The van der Waals surface area contributed by atoms with Gasteiger partial charge in [-0.3, -0.25) is 4.79 Å². The molecular weight excluding hydrogens is 346 g/mol. The molecule has 0 saturated carbocycles. The minimum absolute atomic E-state index is 0. The Morgan fingerprint density at radius 2 is 2.04 bits per heavy atom. The molecule has 0 bridgehead atoms. The van der Waals surface area contributed by atoms with E-state index in [0.717, 1.165) is 35.5 Å². The zero-order valence-corrected chi connectivity index (χ0v) is 15.6. The van der Waals surface area contributed by atoms with Gasteiger partial charge in [-0.2, -0.15) is 0 Å². The minimum atomic E-state index is -0.394. The van der Waals surface area contributed by atoms with Crippen molar-refractivity contribution in [2.45, 2.75) is 26.3 Å². The minimum Gasteiger partial charge on any atom is -0.352 e. The van der Waals surface area contributed by atoms with Crippen molar-refractivity contribution in [2.75, 3.05) is 31.1 Å². The van der Waals surface area contributed by atoms with E-state index in [-0.39, 0.29) is 24.2 Å². The van der Waals surface area contributed by atoms with E-state index in [1.54, 1.807) is 17.7 Å². The highest BCUT2D eigenvalue weighted by atomic mass is 35.5. The summed E-state index contributed by atoms with van der Waals surface area (Å²) in [5, 5.41) is 3.13. The Kier molecular flexibility index (Phi) is 6.37. The first-order chi connectivity index (χ1) is 11.1. The van der Waals surface area contributed by atoms with Crippen LogP contribution in [0.3, 0.4) is 0 Å². The molecule has 2 aromatic heterocycles. The van der Waals surface area contributed by atoms with E-state index in [0.29, 0.717) is 13.1 Å². The smallest absolute Gasteiger partial charge is 0.239 e. The molecule has 3 heterocycles. The largest absolute Gasteiger partial charge is 0.352 e. The summed E-state index contributed by atoms with van der Waals surface area (Å²) < 4.78 is 0. The normalized spacial score (nSPS) is 17.5. The number of hydrogen-bond donors (Lipinski definition) is 1. The van der Waals surface area contributed by atoms with Gasteiger partial charge in [0.2, 0.25) is 5.91 Å². The molecule has 0 aromatic carbocycles. The molecule has 1 aliphatic rings. The zero-order valence-electron chi connectivity index (χ0n) is 14.0. The van der Waals surface area contributed by atoms with Gasteiger partial charge in [0.1, 0.15) is 17.0 Å². The van der Waals surface area contributed by atoms with E-state index in [9.17, 15) is 4.79 Å². The molecule has 132 valence electrons. The van der Waals surface area contributed by atoms with Crippen LogP contribution in [0.25, 0.3) is 10.2 Å². The van der Waals surface area contributed by atoms with Crippen molar-refractivity contribution in [3.8, 4) is 0 Å². The fourth-order valence-electron chi connectivity index (χ4n) is 2.88. The highest BCUT2D eigenvalue weighted by molar-refractivity contribution is 7.16. The first-order valence-corrected chi connectivity index (χ1v) is 8.97. The maximum absolute atomic E-state index is 12.5. The molecule has 1 fully saturated rings. The standard InChI is InChI=1S/C16H23N5OS.ClH/c1-3-11(2)13(17)16(22)21-7-5-20(6-8-21)14-12-4-9-23-15(12)19-10-18-14;/h4,9-11,13H,3,5-8,17H2,1-2H3;1H. The monoisotopic (exact) mass is 369 g/mol. The summed E-state index contributed by atoms with van der Waals surface area (Å²) in [7, 11) is 0. The van der Waals surface area contributed by atoms with Crippen molar-refractivity contribution in [1.29, 1.82) is 0 Å². The van der Waals surface area contributed by atoms with Crippen LogP contribution in [0.2, 0.25) is 0 Å². The number of hydrogen-bond acceptors (Lipinski definition) is 6. The summed E-state index contributed by atoms with van der Waals surface area (Å²) in [4.78, 5) is 26.3. The van der Waals surface area contributed by atoms with Gasteiger partial charge in [0.15, 0.2) is 0 Å². The molecular formula is C16H24ClN5OS. The van der Waals surface area contributed by atoms with Crippen LogP contribution in [0.4, 0.5) is 5.82 Å². The fraction of sp³-hybridized carbons (Fsp3) is 0.562. The van der Waals surface area contributed by atoms with Gasteiger partial charge in [-0.15, -0.1) is 23.7 Å². The van der Waals surface area contributed by atoms with E-state index in [4.69, 9.17) is 5.73 Å². The SMILES string of the molecule is CCC(C)C(N)C(=O)N1CCN(c2ncnc3sccc23)CC1.Cl. The quantitative estimate of drug-likeness (QED) is 0.893. The third-order valence-corrected chi connectivity index (χ3v) is 5.49. The van der Waals surface area contributed by atoms with Gasteiger partial charge in [-0.25, -0.2) is 9.97 Å². The summed E-state index contributed by atoms with van der Waals surface area (Å²) >= 11 is 1.62. The molecule has 1 aliphatic heterocycles.